The largest absolute Gasteiger partial charge is 0.497 e. The number of hydrogen-bond donors (Lipinski definition) is 5. The Kier molecular flexibility index (Phi) is 21.8. The van der Waals surface area contributed by atoms with Crippen molar-refractivity contribution < 1.29 is 62.0 Å². The molecule has 6 amide bonds. The summed E-state index contributed by atoms with van der Waals surface area (Å²) < 4.78 is 28.3. The molecule has 7 N–H and O–H groups in total. The molecule has 7 atom stereocenters. The summed E-state index contributed by atoms with van der Waals surface area (Å²) in [5.41, 5.74) is 14.5. The maximum Gasteiger partial charge on any atom is 0.407 e. The molecular weight excluding hydrogens is 1350 g/mol. The Morgan fingerprint density at radius 1 is 0.698 bits per heavy atom. The number of fused-ring (bicyclic) bond motifs is 16. The summed E-state index contributed by atoms with van der Waals surface area (Å²) in [4.78, 5) is 148. The second-order valence-electron chi connectivity index (χ2n) is 22.2. The zero-order valence-corrected chi connectivity index (χ0v) is 57.0. The second-order valence-corrected chi connectivity index (χ2v) is 27.8. The Morgan fingerprint density at radius 2 is 1.38 bits per heavy atom. The molecule has 9 aromatic rings. The number of methoxy groups -OCH3 is 2. The number of alkyl carbamates (subject to hydrolysis) is 1. The predicted molar refractivity (Wildman–Crippen MR) is 360 cm³/mol. The molecule has 2 aliphatic rings. The minimum Gasteiger partial charge on any atom is -0.497 e. The molecule has 7 aromatic heterocycles. The van der Waals surface area contributed by atoms with Crippen LogP contribution in [0.25, 0.3) is 43.4 Å². The van der Waals surface area contributed by atoms with Gasteiger partial charge in [0.15, 0.2) is 5.78 Å². The van der Waals surface area contributed by atoms with Crippen molar-refractivity contribution in [3.05, 3.63) is 147 Å². The van der Waals surface area contributed by atoms with Crippen LogP contribution in [-0.2, 0) is 39.8 Å². The third-order valence-corrected chi connectivity index (χ3v) is 21.2. The number of rotatable bonds is 18. The van der Waals surface area contributed by atoms with Crippen LogP contribution in [0.2, 0.25) is 0 Å². The molecule has 1 fully saturated rings. The van der Waals surface area contributed by atoms with E-state index >= 15 is 14.4 Å². The van der Waals surface area contributed by atoms with Gasteiger partial charge < -0.3 is 56.0 Å². The molecule has 9 heterocycles. The third-order valence-electron chi connectivity index (χ3n) is 15.6. The molecule has 2 aromatic carbocycles. The number of nitrogens with zero attached hydrogens (tertiary/aromatic N) is 8. The van der Waals surface area contributed by atoms with E-state index in [4.69, 9.17) is 65.1 Å². The van der Waals surface area contributed by atoms with Crippen molar-refractivity contribution >= 4 is 115 Å². The second kappa shape index (κ2) is 30.7. The van der Waals surface area contributed by atoms with Gasteiger partial charge in [-0.3, -0.25) is 33.6 Å². The summed E-state index contributed by atoms with van der Waals surface area (Å²) in [7, 11) is 3.10. The number of benzene rings is 2. The zero-order valence-electron chi connectivity index (χ0n) is 52.1. The minimum absolute atomic E-state index is 0.0145. The number of hydrogen-bond acceptors (Lipinski definition) is 26. The summed E-state index contributed by atoms with van der Waals surface area (Å²) in [6.45, 7) is 6.02. The van der Waals surface area contributed by atoms with Gasteiger partial charge in [-0.25, -0.2) is 39.7 Å². The lowest BCUT2D eigenvalue weighted by Crippen LogP contribution is -2.50. The fourth-order valence-electron chi connectivity index (χ4n) is 10.9. The fraction of sp³-hybridized carbons (Fsp3) is 0.328. The van der Waals surface area contributed by atoms with Crippen LogP contribution in [0.3, 0.4) is 0 Å². The Bertz CT molecular complexity index is 4340. The lowest BCUT2D eigenvalue weighted by Gasteiger charge is -2.29. The number of amides is 6. The highest BCUT2D eigenvalue weighted by Crippen LogP contribution is 2.45. The van der Waals surface area contributed by atoms with Gasteiger partial charge in [0.2, 0.25) is 11.8 Å². The summed E-state index contributed by atoms with van der Waals surface area (Å²) in [6, 6.07) is 16.0. The van der Waals surface area contributed by atoms with Gasteiger partial charge >= 0.3 is 12.1 Å². The van der Waals surface area contributed by atoms with E-state index in [1.165, 1.54) is 52.8 Å². The fourth-order valence-corrected chi connectivity index (χ4v) is 16.3. The number of ether oxygens (including phenoxy) is 5. The van der Waals surface area contributed by atoms with Gasteiger partial charge in [0.05, 0.1) is 57.0 Å². The molecule has 11 rings (SSSR count). The Morgan fingerprint density at radius 3 is 2.10 bits per heavy atom. The van der Waals surface area contributed by atoms with Gasteiger partial charge in [-0.05, 0) is 48.7 Å². The van der Waals surface area contributed by atoms with Crippen molar-refractivity contribution in [2.24, 2.45) is 17.4 Å². The van der Waals surface area contributed by atoms with Crippen molar-refractivity contribution in [3.63, 3.8) is 0 Å². The van der Waals surface area contributed by atoms with E-state index in [-0.39, 0.29) is 52.3 Å². The number of Topliss-reactive ketones (excluding diaryl/α,β-unsaturated/α-hetero) is 1. The normalized spacial score (nSPS) is 18.6. The molecule has 498 valence electrons. The van der Waals surface area contributed by atoms with Crippen molar-refractivity contribution in [3.8, 4) is 49.1 Å². The summed E-state index contributed by atoms with van der Waals surface area (Å²) in [6.07, 6.45) is -3.21. The van der Waals surface area contributed by atoms with Crippen molar-refractivity contribution in [2.75, 3.05) is 47.1 Å². The van der Waals surface area contributed by atoms with Crippen LogP contribution >= 0.6 is 68.0 Å². The van der Waals surface area contributed by atoms with E-state index in [1.807, 2.05) is 12.3 Å². The first-order valence-electron chi connectivity index (χ1n) is 30.0. The highest BCUT2D eigenvalue weighted by molar-refractivity contribution is 7.15. The van der Waals surface area contributed by atoms with Crippen LogP contribution in [0.1, 0.15) is 130 Å². The zero-order chi connectivity index (χ0) is 67.7. The topological polar surface area (TPSA) is 364 Å². The molecule has 0 unspecified atom stereocenters. The summed E-state index contributed by atoms with van der Waals surface area (Å²) in [5, 5.41) is 18.9. The van der Waals surface area contributed by atoms with Gasteiger partial charge in [-0.15, -0.1) is 68.0 Å². The molecule has 10 bridgehead atoms. The van der Waals surface area contributed by atoms with E-state index < -0.39 is 102 Å². The van der Waals surface area contributed by atoms with Gasteiger partial charge in [0.25, 0.3) is 17.7 Å². The third kappa shape index (κ3) is 15.9. The molecule has 1 saturated heterocycles. The van der Waals surface area contributed by atoms with Crippen LogP contribution in [0.4, 0.5) is 4.79 Å². The number of ketones is 1. The number of nitrogens with one attached hydrogen (secondary N) is 3. The van der Waals surface area contributed by atoms with E-state index in [9.17, 15) is 24.0 Å². The van der Waals surface area contributed by atoms with Gasteiger partial charge in [-0.2, -0.15) is 0 Å². The van der Waals surface area contributed by atoms with E-state index in [0.717, 1.165) is 45.3 Å². The van der Waals surface area contributed by atoms with Gasteiger partial charge in [0.1, 0.15) is 93.9 Å². The Balaban J connectivity index is 1.02. The number of aromatic nitrogens is 7. The molecule has 2 aliphatic heterocycles. The number of pyridine rings is 1. The van der Waals surface area contributed by atoms with E-state index in [2.05, 4.69) is 20.9 Å². The van der Waals surface area contributed by atoms with E-state index in [0.29, 0.717) is 96.4 Å². The maximum atomic E-state index is 15.7. The smallest absolute Gasteiger partial charge is 0.407 e. The van der Waals surface area contributed by atoms with Crippen LogP contribution in [0, 0.1) is 12.8 Å². The number of esters is 1. The number of carbonyl (C=O) groups is 8. The molecule has 32 heteroatoms. The number of thiazole rings is 6. The molecular formula is C64H63N13O13S6. The SMILES string of the molecule is COCCOCCCNC(=O)O[C@H](c1ccccc1)[C@@H]1CC(=O)c2nc(sc2C)[C@H](CC(N)=O)NC(=O)c2csc(n2)-c2ccc(-c3nc(C(N)=O)cs3)nc2-c2csc(n2)-c2csc(n2)[C@@H]2[C@@H](C)[C@@H](OC(C)=O)CN2C(=O)[C@H](Cc2ccc(OC)cc2)NC(=O)c2csc1n2. The van der Waals surface area contributed by atoms with Crippen molar-refractivity contribution in [1.82, 2.24) is 55.7 Å². The Hall–Kier alpha value is -9.15. The average molecular weight is 1410 g/mol. The molecule has 0 spiro atoms. The first-order chi connectivity index (χ1) is 46.3. The lowest BCUT2D eigenvalue weighted by molar-refractivity contribution is -0.148. The quantitative estimate of drug-likeness (QED) is 0.0395. The van der Waals surface area contributed by atoms with Crippen LogP contribution in [0.5, 0.6) is 5.75 Å². The monoisotopic (exact) mass is 1410 g/mol. The van der Waals surface area contributed by atoms with Crippen LogP contribution in [-0.4, -0.2) is 146 Å². The summed E-state index contributed by atoms with van der Waals surface area (Å²) >= 11 is 6.94. The van der Waals surface area contributed by atoms with E-state index in [1.54, 1.807) is 91.0 Å². The highest BCUT2D eigenvalue weighted by Gasteiger charge is 2.48. The number of aryl methyl sites for hydroxylation is 1. The molecule has 0 saturated carbocycles. The first-order valence-corrected chi connectivity index (χ1v) is 35.2. The lowest BCUT2D eigenvalue weighted by atomic mass is 9.90. The maximum absolute atomic E-state index is 15.7. The number of nitrogens with two attached hydrogens (primary N) is 2. The van der Waals surface area contributed by atoms with Crippen molar-refractivity contribution in [1.29, 1.82) is 0 Å². The van der Waals surface area contributed by atoms with Crippen molar-refractivity contribution in [2.45, 2.75) is 82.7 Å². The van der Waals surface area contributed by atoms with Gasteiger partial charge in [0, 0.05) is 83.3 Å². The first kappa shape index (κ1) is 68.2. The van der Waals surface area contributed by atoms with Gasteiger partial charge in [-0.1, -0.05) is 49.4 Å². The number of carbonyl (C=O) groups excluding carboxylic acids is 8. The van der Waals surface area contributed by atoms with Crippen LogP contribution in [0.15, 0.2) is 93.6 Å². The molecule has 26 nitrogen and oxygen atoms in total. The molecule has 96 heavy (non-hydrogen) atoms. The highest BCUT2D eigenvalue weighted by atomic mass is 32.1. The average Bonchev–Trinajstić information content (AvgIpc) is 1.59. The Labute approximate surface area is 573 Å². The predicted octanol–water partition coefficient (Wildman–Crippen LogP) is 8.93. The molecule has 0 aliphatic carbocycles. The van der Waals surface area contributed by atoms with Crippen LogP contribution < -0.4 is 32.2 Å². The number of primary amides is 2. The summed E-state index contributed by atoms with van der Waals surface area (Å²) in [5.74, 6) is -5.60. The minimum atomic E-state index is -1.27. The standard InChI is InChI=1S/C64H63N13O13S6/c1-31-48(89-33(3)78)25-77-52(31)62-75-46(30-95-62)60-71-42(26-93-60)51-37(16-17-39(68-51)59-72-43(27-94-59)54(66)81)57-73-44(28-91-57)55(82)69-40(24-49(65)80)61-76-50(32(2)96-61)47(79)23-38(53(35-10-7-6-8-11-35)90-64(85)67-18-9-19-88-21-20-86-4)58-74-45(29-92-58)56(83)70-41(63(77)84)22-34-12-14-36(87-5)15-13-34/h6-8,10-17,26-31,38,40-41,48,52-53H,9,18-25H2,1-5H3,(H2,65,80)(H2,66,81)(H,67,85)(H,69,82)(H,70,83)/t31-,38-,40-,41-,48-,52-,53+/m0/s1. The molecule has 0 radical (unpaired) electrons.